The van der Waals surface area contributed by atoms with E-state index in [1.165, 1.54) is 7.11 Å². The van der Waals surface area contributed by atoms with Crippen LogP contribution in [0.5, 0.6) is 0 Å². The first-order valence-electron chi connectivity index (χ1n) is 8.82. The summed E-state index contributed by atoms with van der Waals surface area (Å²) in [7, 11) is 1.36. The highest BCUT2D eigenvalue weighted by Gasteiger charge is 2.09. The number of aryl methyl sites for hydroxylation is 1. The molecule has 1 heterocycles. The predicted octanol–water partition coefficient (Wildman–Crippen LogP) is 5.34. The highest BCUT2D eigenvalue weighted by Crippen LogP contribution is 2.27. The van der Waals surface area contributed by atoms with Crippen molar-refractivity contribution in [2.24, 2.45) is 4.99 Å². The predicted molar refractivity (Wildman–Crippen MR) is 109 cm³/mol. The molecule has 0 saturated heterocycles. The van der Waals surface area contributed by atoms with Crippen LogP contribution in [0.2, 0.25) is 0 Å². The Morgan fingerprint density at radius 1 is 1.07 bits per heavy atom. The number of nitrogens with zero attached hydrogens (tertiary/aromatic N) is 2. The SMILES string of the molecule is COC(=O)c1ccc(C=Nc2ccc3oc(-c4cccc(C)c4)nc3c2)cc1. The van der Waals surface area contributed by atoms with Crippen molar-refractivity contribution in [2.75, 3.05) is 7.11 Å². The van der Waals surface area contributed by atoms with Crippen LogP contribution in [-0.4, -0.2) is 24.3 Å². The van der Waals surface area contributed by atoms with Gasteiger partial charge in [0.25, 0.3) is 0 Å². The zero-order valence-corrected chi connectivity index (χ0v) is 15.5. The Labute approximate surface area is 162 Å². The van der Waals surface area contributed by atoms with Crippen LogP contribution >= 0.6 is 0 Å². The van der Waals surface area contributed by atoms with Crippen LogP contribution in [0.15, 0.2) is 76.1 Å². The van der Waals surface area contributed by atoms with E-state index in [1.807, 2.05) is 61.5 Å². The van der Waals surface area contributed by atoms with E-state index in [0.717, 1.165) is 33.5 Å². The number of benzene rings is 3. The number of carbonyl (C=O) groups is 1. The van der Waals surface area contributed by atoms with Crippen LogP contribution in [0, 0.1) is 6.92 Å². The molecule has 0 unspecified atom stereocenters. The molecule has 4 rings (SSSR count). The van der Waals surface area contributed by atoms with E-state index in [1.54, 1.807) is 18.3 Å². The molecule has 5 nitrogen and oxygen atoms in total. The third-order valence-electron chi connectivity index (χ3n) is 4.33. The van der Waals surface area contributed by atoms with Crippen LogP contribution in [0.1, 0.15) is 21.5 Å². The van der Waals surface area contributed by atoms with E-state index < -0.39 is 0 Å². The number of methoxy groups -OCH3 is 1. The summed E-state index contributed by atoms with van der Waals surface area (Å²) in [6.45, 7) is 2.04. The molecule has 28 heavy (non-hydrogen) atoms. The average Bonchev–Trinajstić information content (AvgIpc) is 3.15. The van der Waals surface area contributed by atoms with Crippen molar-refractivity contribution in [1.29, 1.82) is 0 Å². The fourth-order valence-corrected chi connectivity index (χ4v) is 2.87. The Kier molecular flexibility index (Phi) is 4.72. The van der Waals surface area contributed by atoms with E-state index in [4.69, 9.17) is 9.15 Å². The highest BCUT2D eigenvalue weighted by atomic mass is 16.5. The lowest BCUT2D eigenvalue weighted by Crippen LogP contribution is -2.00. The lowest BCUT2D eigenvalue weighted by molar-refractivity contribution is 0.0600. The van der Waals surface area contributed by atoms with E-state index >= 15 is 0 Å². The van der Waals surface area contributed by atoms with Crippen LogP contribution < -0.4 is 0 Å². The fourth-order valence-electron chi connectivity index (χ4n) is 2.87. The fraction of sp³-hybridized carbons (Fsp3) is 0.0870. The molecule has 5 heteroatoms. The molecule has 1 aromatic heterocycles. The molecule has 0 amide bonds. The Bertz CT molecular complexity index is 1170. The van der Waals surface area contributed by atoms with E-state index in [0.29, 0.717) is 11.5 Å². The number of oxazole rings is 1. The number of esters is 1. The first-order valence-corrected chi connectivity index (χ1v) is 8.82. The monoisotopic (exact) mass is 370 g/mol. The van der Waals surface area contributed by atoms with Crippen LogP contribution in [-0.2, 0) is 4.74 Å². The lowest BCUT2D eigenvalue weighted by Gasteiger charge is -1.99. The van der Waals surface area contributed by atoms with Crippen molar-refractivity contribution in [3.8, 4) is 11.5 Å². The summed E-state index contributed by atoms with van der Waals surface area (Å²) in [6.07, 6.45) is 1.74. The van der Waals surface area contributed by atoms with Gasteiger partial charge >= 0.3 is 5.97 Å². The third kappa shape index (κ3) is 3.69. The molecule has 138 valence electrons. The number of fused-ring (bicyclic) bond motifs is 1. The maximum absolute atomic E-state index is 11.5. The molecular weight excluding hydrogens is 352 g/mol. The molecule has 0 N–H and O–H groups in total. The smallest absolute Gasteiger partial charge is 0.337 e. The quantitative estimate of drug-likeness (QED) is 0.359. The van der Waals surface area contributed by atoms with Gasteiger partial charge in [0.2, 0.25) is 5.89 Å². The number of carbonyl (C=O) groups excluding carboxylic acids is 1. The maximum Gasteiger partial charge on any atom is 0.337 e. The normalized spacial score (nSPS) is 11.2. The van der Waals surface area contributed by atoms with Crippen LogP contribution in [0.3, 0.4) is 0 Å². The van der Waals surface area contributed by atoms with Gasteiger partial charge in [0.1, 0.15) is 5.52 Å². The molecule has 0 aliphatic heterocycles. The summed E-state index contributed by atoms with van der Waals surface area (Å²) in [6, 6.07) is 20.7. The zero-order chi connectivity index (χ0) is 19.5. The number of aromatic nitrogens is 1. The Hall–Kier alpha value is -3.73. The number of hydrogen-bond donors (Lipinski definition) is 0. The molecule has 0 radical (unpaired) electrons. The minimum atomic E-state index is -0.357. The van der Waals surface area contributed by atoms with Gasteiger partial charge in [-0.25, -0.2) is 9.78 Å². The summed E-state index contributed by atoms with van der Waals surface area (Å²) >= 11 is 0. The molecule has 0 atom stereocenters. The van der Waals surface area contributed by atoms with Gasteiger partial charge in [0, 0.05) is 11.8 Å². The minimum Gasteiger partial charge on any atom is -0.465 e. The molecule has 4 aromatic rings. The summed E-state index contributed by atoms with van der Waals surface area (Å²) < 4.78 is 10.6. The third-order valence-corrected chi connectivity index (χ3v) is 4.33. The number of rotatable bonds is 4. The van der Waals surface area contributed by atoms with Gasteiger partial charge in [-0.2, -0.15) is 0 Å². The molecule has 0 aliphatic carbocycles. The maximum atomic E-state index is 11.5. The number of ether oxygens (including phenoxy) is 1. The Morgan fingerprint density at radius 2 is 1.89 bits per heavy atom. The minimum absolute atomic E-state index is 0.357. The van der Waals surface area contributed by atoms with E-state index in [2.05, 4.69) is 9.98 Å². The highest BCUT2D eigenvalue weighted by molar-refractivity contribution is 5.91. The summed E-state index contributed by atoms with van der Waals surface area (Å²) in [5.74, 6) is 0.239. The van der Waals surface area contributed by atoms with E-state index in [-0.39, 0.29) is 5.97 Å². The van der Waals surface area contributed by atoms with Gasteiger partial charge in [0.05, 0.1) is 18.4 Å². The van der Waals surface area contributed by atoms with Crippen molar-refractivity contribution in [2.45, 2.75) is 6.92 Å². The van der Waals surface area contributed by atoms with Crippen LogP contribution in [0.25, 0.3) is 22.6 Å². The summed E-state index contributed by atoms with van der Waals surface area (Å²) in [5.41, 5.74) is 5.75. The number of aliphatic imine (C=N–C) groups is 1. The van der Waals surface area contributed by atoms with E-state index in [9.17, 15) is 4.79 Å². The standard InChI is InChI=1S/C23H18N2O3/c1-15-4-3-5-18(12-15)22-25-20-13-19(10-11-21(20)28-22)24-14-16-6-8-17(9-7-16)23(26)27-2/h3-14H,1-2H3. The molecular formula is C23H18N2O3. The molecule has 0 aliphatic rings. The van der Waals surface area contributed by atoms with Gasteiger partial charge in [0.15, 0.2) is 5.58 Å². The molecule has 3 aromatic carbocycles. The second-order valence-electron chi connectivity index (χ2n) is 6.41. The van der Waals surface area contributed by atoms with Crippen molar-refractivity contribution >= 4 is 29.0 Å². The second kappa shape index (κ2) is 7.48. The van der Waals surface area contributed by atoms with Crippen molar-refractivity contribution in [3.05, 3.63) is 83.4 Å². The van der Waals surface area contributed by atoms with Gasteiger partial charge in [-0.1, -0.05) is 29.8 Å². The van der Waals surface area contributed by atoms with Gasteiger partial charge < -0.3 is 9.15 Å². The number of hydrogen-bond acceptors (Lipinski definition) is 5. The summed E-state index contributed by atoms with van der Waals surface area (Å²) in [5, 5.41) is 0. The van der Waals surface area contributed by atoms with Crippen molar-refractivity contribution < 1.29 is 13.9 Å². The summed E-state index contributed by atoms with van der Waals surface area (Å²) in [4.78, 5) is 20.6. The lowest BCUT2D eigenvalue weighted by atomic mass is 10.1. The Balaban J connectivity index is 1.57. The zero-order valence-electron chi connectivity index (χ0n) is 15.5. The largest absolute Gasteiger partial charge is 0.465 e. The molecule has 0 fully saturated rings. The topological polar surface area (TPSA) is 64.7 Å². The molecule has 0 saturated carbocycles. The average molecular weight is 370 g/mol. The molecule has 0 bridgehead atoms. The van der Waals surface area contributed by atoms with Crippen molar-refractivity contribution in [3.63, 3.8) is 0 Å². The van der Waals surface area contributed by atoms with Crippen LogP contribution in [0.4, 0.5) is 5.69 Å². The first-order chi connectivity index (χ1) is 13.6. The van der Waals surface area contributed by atoms with Gasteiger partial charge in [-0.15, -0.1) is 0 Å². The van der Waals surface area contributed by atoms with Gasteiger partial charge in [-0.3, -0.25) is 4.99 Å². The first kappa shape index (κ1) is 17.7. The van der Waals surface area contributed by atoms with Gasteiger partial charge in [-0.05, 0) is 55.0 Å². The van der Waals surface area contributed by atoms with Crippen molar-refractivity contribution in [1.82, 2.24) is 4.98 Å². The second-order valence-corrected chi connectivity index (χ2v) is 6.41. The Morgan fingerprint density at radius 3 is 2.64 bits per heavy atom. The molecule has 0 spiro atoms.